The van der Waals surface area contributed by atoms with E-state index in [4.69, 9.17) is 4.74 Å². The maximum Gasteiger partial charge on any atom is 0.241 e. The van der Waals surface area contributed by atoms with E-state index < -0.39 is 0 Å². The Balaban J connectivity index is 2.02. The van der Waals surface area contributed by atoms with Crippen molar-refractivity contribution in [2.24, 2.45) is 4.99 Å². The van der Waals surface area contributed by atoms with Crippen LogP contribution in [-0.2, 0) is 17.8 Å². The van der Waals surface area contributed by atoms with Crippen molar-refractivity contribution in [2.45, 2.75) is 32.9 Å². The topological polar surface area (TPSA) is 66.0 Å². The Morgan fingerprint density at radius 3 is 2.50 bits per heavy atom. The normalized spacial score (nSPS) is 12.4. The average molecular weight is 403 g/mol. The minimum atomic E-state index is 0.000446. The van der Waals surface area contributed by atoms with Crippen molar-refractivity contribution in [1.29, 1.82) is 0 Å². The van der Waals surface area contributed by atoms with Gasteiger partial charge in [0.2, 0.25) is 5.91 Å². The molecular formula is C21H30N4O2S. The fourth-order valence-corrected chi connectivity index (χ4v) is 3.57. The number of ether oxygens (including phenoxy) is 1. The number of rotatable bonds is 8. The van der Waals surface area contributed by atoms with Crippen LogP contribution in [0.15, 0.2) is 41.4 Å². The van der Waals surface area contributed by atoms with E-state index in [1.165, 1.54) is 9.75 Å². The number of nitrogens with zero attached hydrogens (tertiary/aromatic N) is 2. The van der Waals surface area contributed by atoms with Gasteiger partial charge in [-0.25, -0.2) is 4.99 Å². The first-order chi connectivity index (χ1) is 13.4. The molecule has 152 valence electrons. The molecule has 0 fully saturated rings. The van der Waals surface area contributed by atoms with E-state index in [2.05, 4.69) is 41.6 Å². The second-order valence-corrected chi connectivity index (χ2v) is 8.29. The van der Waals surface area contributed by atoms with Crippen molar-refractivity contribution < 1.29 is 9.53 Å². The van der Waals surface area contributed by atoms with Crippen molar-refractivity contribution in [3.05, 3.63) is 51.7 Å². The number of aryl methyl sites for hydroxylation is 1. The van der Waals surface area contributed by atoms with Crippen LogP contribution >= 0.6 is 11.3 Å². The Labute approximate surface area is 171 Å². The molecule has 0 spiro atoms. The zero-order chi connectivity index (χ0) is 20.5. The highest BCUT2D eigenvalue weighted by Crippen LogP contribution is 2.16. The Kier molecular flexibility index (Phi) is 8.32. The van der Waals surface area contributed by atoms with Gasteiger partial charge in [-0.05, 0) is 43.7 Å². The van der Waals surface area contributed by atoms with Crippen molar-refractivity contribution in [3.63, 3.8) is 0 Å². The summed E-state index contributed by atoms with van der Waals surface area (Å²) in [5.74, 6) is 1.45. The fourth-order valence-electron chi connectivity index (χ4n) is 2.55. The lowest BCUT2D eigenvalue weighted by Crippen LogP contribution is -2.46. The third-order valence-corrected chi connectivity index (χ3v) is 5.19. The van der Waals surface area contributed by atoms with Crippen molar-refractivity contribution in [3.8, 4) is 5.75 Å². The van der Waals surface area contributed by atoms with Gasteiger partial charge in [0.15, 0.2) is 5.96 Å². The second-order valence-electron chi connectivity index (χ2n) is 6.92. The molecule has 28 heavy (non-hydrogen) atoms. The Bertz CT molecular complexity index is 784. The summed E-state index contributed by atoms with van der Waals surface area (Å²) in [6.07, 6.45) is 0.906. The third-order valence-electron chi connectivity index (χ3n) is 4.17. The number of aliphatic imine (C=N–C) groups is 1. The summed E-state index contributed by atoms with van der Waals surface area (Å²) in [5.41, 5.74) is 1.07. The SMILES string of the molecule is COc1ccc(CN=C(NCC(=O)N(C)C)NC(C)Cc2ccc(C)s2)cc1. The minimum absolute atomic E-state index is 0.000446. The van der Waals surface area contributed by atoms with E-state index >= 15 is 0 Å². The number of carbonyl (C=O) groups is 1. The highest BCUT2D eigenvalue weighted by molar-refractivity contribution is 7.11. The molecule has 2 rings (SSSR count). The smallest absolute Gasteiger partial charge is 0.241 e. The van der Waals surface area contributed by atoms with Crippen LogP contribution < -0.4 is 15.4 Å². The summed E-state index contributed by atoms with van der Waals surface area (Å²) in [6.45, 7) is 4.95. The molecule has 1 unspecified atom stereocenters. The zero-order valence-electron chi connectivity index (χ0n) is 17.3. The highest BCUT2D eigenvalue weighted by atomic mass is 32.1. The molecule has 1 aromatic heterocycles. The predicted octanol–water partition coefficient (Wildman–Crippen LogP) is 2.82. The molecule has 0 radical (unpaired) electrons. The van der Waals surface area contributed by atoms with Gasteiger partial charge in [-0.1, -0.05) is 12.1 Å². The number of likely N-dealkylation sites (N-methyl/N-ethyl adjacent to an activating group) is 1. The first-order valence-corrected chi connectivity index (χ1v) is 10.1. The zero-order valence-corrected chi connectivity index (χ0v) is 18.1. The van der Waals surface area contributed by atoms with E-state index in [1.807, 2.05) is 24.3 Å². The number of methoxy groups -OCH3 is 1. The van der Waals surface area contributed by atoms with E-state index in [-0.39, 0.29) is 18.5 Å². The van der Waals surface area contributed by atoms with Crippen LogP contribution in [0.5, 0.6) is 5.75 Å². The molecule has 2 N–H and O–H groups in total. The summed E-state index contributed by atoms with van der Waals surface area (Å²) in [7, 11) is 5.14. The van der Waals surface area contributed by atoms with Gasteiger partial charge in [-0.3, -0.25) is 4.79 Å². The molecule has 7 heteroatoms. The lowest BCUT2D eigenvalue weighted by Gasteiger charge is -2.19. The van der Waals surface area contributed by atoms with Crippen LogP contribution in [0, 0.1) is 6.92 Å². The first kappa shape index (κ1) is 21.8. The molecule has 1 amide bonds. The molecule has 6 nitrogen and oxygen atoms in total. The summed E-state index contributed by atoms with van der Waals surface area (Å²) in [6, 6.07) is 12.3. The number of thiophene rings is 1. The molecule has 1 heterocycles. The molecule has 0 bridgehead atoms. The van der Waals surface area contributed by atoms with Crippen molar-refractivity contribution in [2.75, 3.05) is 27.7 Å². The predicted molar refractivity (Wildman–Crippen MR) is 116 cm³/mol. The van der Waals surface area contributed by atoms with Crippen molar-refractivity contribution >= 4 is 23.2 Å². The second kappa shape index (κ2) is 10.7. The molecule has 1 aromatic carbocycles. The lowest BCUT2D eigenvalue weighted by molar-refractivity contribution is -0.127. The van der Waals surface area contributed by atoms with Crippen LogP contribution in [0.4, 0.5) is 0 Å². The van der Waals surface area contributed by atoms with Gasteiger partial charge >= 0.3 is 0 Å². The van der Waals surface area contributed by atoms with Gasteiger partial charge in [0, 0.05) is 36.3 Å². The average Bonchev–Trinajstić information content (AvgIpc) is 3.08. The van der Waals surface area contributed by atoms with Crippen LogP contribution in [0.1, 0.15) is 22.2 Å². The summed E-state index contributed by atoms with van der Waals surface area (Å²) in [5, 5.41) is 6.55. The molecular weight excluding hydrogens is 372 g/mol. The maximum absolute atomic E-state index is 11.9. The number of benzene rings is 1. The van der Waals surface area contributed by atoms with E-state index in [9.17, 15) is 4.79 Å². The van der Waals surface area contributed by atoms with Crippen LogP contribution in [0.2, 0.25) is 0 Å². The van der Waals surface area contributed by atoms with E-state index in [1.54, 1.807) is 37.4 Å². The van der Waals surface area contributed by atoms with Gasteiger partial charge in [0.1, 0.15) is 5.75 Å². The quantitative estimate of drug-likeness (QED) is 0.526. The number of nitrogens with one attached hydrogen (secondary N) is 2. The van der Waals surface area contributed by atoms with Crippen LogP contribution in [0.25, 0.3) is 0 Å². The molecule has 0 aliphatic rings. The molecule has 1 atom stereocenters. The van der Waals surface area contributed by atoms with Gasteiger partial charge in [-0.15, -0.1) is 11.3 Å². The molecule has 0 aliphatic carbocycles. The highest BCUT2D eigenvalue weighted by Gasteiger charge is 2.10. The maximum atomic E-state index is 11.9. The molecule has 2 aromatic rings. The Morgan fingerprint density at radius 1 is 1.21 bits per heavy atom. The third kappa shape index (κ3) is 7.23. The van der Waals surface area contributed by atoms with Crippen LogP contribution in [-0.4, -0.2) is 50.6 Å². The lowest BCUT2D eigenvalue weighted by atomic mass is 10.2. The van der Waals surface area contributed by atoms with Gasteiger partial charge in [0.05, 0.1) is 20.2 Å². The van der Waals surface area contributed by atoms with E-state index in [0.717, 1.165) is 17.7 Å². The summed E-state index contributed by atoms with van der Waals surface area (Å²) in [4.78, 5) is 20.8. The summed E-state index contributed by atoms with van der Waals surface area (Å²) < 4.78 is 5.19. The molecule has 0 aliphatic heterocycles. The number of guanidine groups is 1. The fraction of sp³-hybridized carbons (Fsp3) is 0.429. The van der Waals surface area contributed by atoms with Gasteiger partial charge < -0.3 is 20.3 Å². The Morgan fingerprint density at radius 2 is 1.93 bits per heavy atom. The van der Waals surface area contributed by atoms with Crippen LogP contribution in [0.3, 0.4) is 0 Å². The van der Waals surface area contributed by atoms with Crippen molar-refractivity contribution in [1.82, 2.24) is 15.5 Å². The number of hydrogen-bond acceptors (Lipinski definition) is 4. The number of carbonyl (C=O) groups excluding carboxylic acids is 1. The minimum Gasteiger partial charge on any atom is -0.497 e. The molecule has 0 saturated carbocycles. The number of hydrogen-bond donors (Lipinski definition) is 2. The number of amides is 1. The monoisotopic (exact) mass is 402 g/mol. The van der Waals surface area contributed by atoms with Gasteiger partial charge in [0.25, 0.3) is 0 Å². The largest absolute Gasteiger partial charge is 0.497 e. The van der Waals surface area contributed by atoms with E-state index in [0.29, 0.717) is 12.5 Å². The standard InChI is InChI=1S/C21H30N4O2S/c1-15(12-19-11-6-16(2)28-19)24-21(23-14-20(26)25(3)4)22-13-17-7-9-18(27-5)10-8-17/h6-11,15H,12-14H2,1-5H3,(H2,22,23,24). The molecule has 0 saturated heterocycles. The van der Waals surface area contributed by atoms with Gasteiger partial charge in [-0.2, -0.15) is 0 Å². The summed E-state index contributed by atoms with van der Waals surface area (Å²) >= 11 is 1.81. The first-order valence-electron chi connectivity index (χ1n) is 9.30. The Hall–Kier alpha value is -2.54.